The van der Waals surface area contributed by atoms with Crippen LogP contribution in [0.5, 0.6) is 0 Å². The molecule has 0 bridgehead atoms. The second-order valence-corrected chi connectivity index (χ2v) is 6.95. The Bertz CT molecular complexity index is 605. The molecule has 0 saturated carbocycles. The Kier molecular flexibility index (Phi) is 3.31. The molecule has 2 saturated heterocycles. The molecule has 3 rings (SSSR count). The van der Waals surface area contributed by atoms with Crippen LogP contribution in [0.15, 0.2) is 18.2 Å². The van der Waals surface area contributed by atoms with Crippen molar-refractivity contribution in [2.24, 2.45) is 5.41 Å². The van der Waals surface area contributed by atoms with Crippen molar-refractivity contribution < 1.29 is 18.0 Å². The molecule has 0 aliphatic carbocycles. The first-order valence-electron chi connectivity index (χ1n) is 7.61. The third kappa shape index (κ3) is 2.13. The molecular weight excluding hydrogens is 291 g/mol. The average molecular weight is 311 g/mol. The molecule has 22 heavy (non-hydrogen) atoms. The lowest BCUT2D eigenvalue weighted by Crippen LogP contribution is -2.44. The van der Waals surface area contributed by atoms with Crippen LogP contribution in [0.3, 0.4) is 0 Å². The van der Waals surface area contributed by atoms with Gasteiger partial charge in [0.15, 0.2) is 0 Å². The van der Waals surface area contributed by atoms with Gasteiger partial charge in [0, 0.05) is 13.0 Å². The van der Waals surface area contributed by atoms with Crippen LogP contribution in [0.1, 0.15) is 50.3 Å². The third-order valence-corrected chi connectivity index (χ3v) is 5.27. The maximum atomic E-state index is 13.9. The molecule has 0 radical (unpaired) electrons. The minimum Gasteiger partial charge on any atom is -0.332 e. The largest absolute Gasteiger partial charge is 0.332 e. The van der Waals surface area contributed by atoms with E-state index in [0.717, 1.165) is 12.5 Å². The van der Waals surface area contributed by atoms with Crippen molar-refractivity contribution in [3.8, 4) is 0 Å². The monoisotopic (exact) mass is 311 g/mol. The standard InChI is InChI=1S/C17H20F3NO/c1-10-6-11(8-12(18)7-10)14-5-4-13-9-16(2,17(3,19)20)15(22)21(13)14/h6-8,13-14H,4-5,9H2,1-3H3/t13-,14+,16+/m0/s1. The lowest BCUT2D eigenvalue weighted by molar-refractivity contribution is -0.156. The summed E-state index contributed by atoms with van der Waals surface area (Å²) >= 11 is 0. The Balaban J connectivity index is 1.97. The lowest BCUT2D eigenvalue weighted by atomic mass is 9.80. The fourth-order valence-corrected chi connectivity index (χ4v) is 3.89. The van der Waals surface area contributed by atoms with Gasteiger partial charge in [0.2, 0.25) is 5.91 Å². The highest BCUT2D eigenvalue weighted by molar-refractivity contribution is 5.87. The first kappa shape index (κ1) is 15.4. The fourth-order valence-electron chi connectivity index (χ4n) is 3.89. The second-order valence-electron chi connectivity index (χ2n) is 6.95. The van der Waals surface area contributed by atoms with Crippen LogP contribution in [-0.4, -0.2) is 22.8 Å². The summed E-state index contributed by atoms with van der Waals surface area (Å²) in [6.45, 7) is 3.95. The van der Waals surface area contributed by atoms with Crippen molar-refractivity contribution in [3.05, 3.63) is 35.1 Å². The van der Waals surface area contributed by atoms with E-state index in [4.69, 9.17) is 0 Å². The molecule has 120 valence electrons. The third-order valence-electron chi connectivity index (χ3n) is 5.27. The van der Waals surface area contributed by atoms with Crippen LogP contribution in [0.25, 0.3) is 0 Å². The number of amides is 1. The Hall–Kier alpha value is -1.52. The summed E-state index contributed by atoms with van der Waals surface area (Å²) in [5.41, 5.74) is -0.177. The number of aryl methyl sites for hydroxylation is 1. The average Bonchev–Trinajstić information content (AvgIpc) is 2.88. The Labute approximate surface area is 128 Å². The van der Waals surface area contributed by atoms with Crippen LogP contribution >= 0.6 is 0 Å². The van der Waals surface area contributed by atoms with E-state index in [0.29, 0.717) is 18.4 Å². The lowest BCUT2D eigenvalue weighted by Gasteiger charge is -2.31. The molecule has 0 spiro atoms. The molecule has 0 N–H and O–H groups in total. The van der Waals surface area contributed by atoms with Crippen LogP contribution in [0, 0.1) is 18.2 Å². The molecule has 2 aliphatic rings. The highest BCUT2D eigenvalue weighted by Gasteiger charge is 2.62. The van der Waals surface area contributed by atoms with Gasteiger partial charge in [0.25, 0.3) is 5.92 Å². The number of benzene rings is 1. The van der Waals surface area contributed by atoms with Gasteiger partial charge in [-0.1, -0.05) is 6.07 Å². The molecule has 0 unspecified atom stereocenters. The number of rotatable bonds is 2. The number of fused-ring (bicyclic) bond motifs is 1. The van der Waals surface area contributed by atoms with Gasteiger partial charge in [0.05, 0.1) is 6.04 Å². The zero-order chi connectivity index (χ0) is 16.3. The zero-order valence-corrected chi connectivity index (χ0v) is 13.0. The van der Waals surface area contributed by atoms with Crippen molar-refractivity contribution in [1.82, 2.24) is 4.90 Å². The molecule has 3 atom stereocenters. The van der Waals surface area contributed by atoms with Gasteiger partial charge >= 0.3 is 0 Å². The van der Waals surface area contributed by atoms with E-state index in [1.807, 2.05) is 6.07 Å². The highest BCUT2D eigenvalue weighted by Crippen LogP contribution is 2.54. The number of hydrogen-bond acceptors (Lipinski definition) is 1. The number of alkyl halides is 2. The quantitative estimate of drug-likeness (QED) is 0.800. The number of carbonyl (C=O) groups excluding carboxylic acids is 1. The number of halogens is 3. The molecule has 1 amide bonds. The molecule has 2 heterocycles. The second kappa shape index (κ2) is 4.74. The molecule has 5 heteroatoms. The number of hydrogen-bond donors (Lipinski definition) is 0. The topological polar surface area (TPSA) is 20.3 Å². The van der Waals surface area contributed by atoms with Gasteiger partial charge in [-0.05, 0) is 56.4 Å². The van der Waals surface area contributed by atoms with Gasteiger partial charge in [-0.25, -0.2) is 13.2 Å². The van der Waals surface area contributed by atoms with Crippen molar-refractivity contribution >= 4 is 5.91 Å². The summed E-state index contributed by atoms with van der Waals surface area (Å²) < 4.78 is 41.5. The van der Waals surface area contributed by atoms with Gasteiger partial charge in [-0.3, -0.25) is 4.79 Å². The smallest absolute Gasteiger partial charge is 0.259 e. The van der Waals surface area contributed by atoms with Crippen molar-refractivity contribution in [2.75, 3.05) is 0 Å². The maximum Gasteiger partial charge on any atom is 0.259 e. The summed E-state index contributed by atoms with van der Waals surface area (Å²) in [7, 11) is 0. The summed E-state index contributed by atoms with van der Waals surface area (Å²) in [5.74, 6) is -3.92. The summed E-state index contributed by atoms with van der Waals surface area (Å²) in [4.78, 5) is 14.2. The summed E-state index contributed by atoms with van der Waals surface area (Å²) in [6, 6.07) is 4.20. The molecule has 1 aromatic rings. The van der Waals surface area contributed by atoms with E-state index >= 15 is 0 Å². The predicted octanol–water partition coefficient (Wildman–Crippen LogP) is 4.23. The van der Waals surface area contributed by atoms with E-state index in [-0.39, 0.29) is 24.3 Å². The molecule has 2 fully saturated rings. The SMILES string of the molecule is Cc1cc(F)cc([C@H]2CC[C@H]3C[C@@](C)(C(C)(F)F)C(=O)N32)c1. The molecule has 1 aromatic carbocycles. The van der Waals surface area contributed by atoms with Crippen LogP contribution in [0.4, 0.5) is 13.2 Å². The first-order chi connectivity index (χ1) is 10.1. The Morgan fingerprint density at radius 3 is 2.55 bits per heavy atom. The van der Waals surface area contributed by atoms with Crippen LogP contribution in [0.2, 0.25) is 0 Å². The normalized spacial score (nSPS) is 31.7. The van der Waals surface area contributed by atoms with Crippen molar-refractivity contribution in [1.29, 1.82) is 0 Å². The fraction of sp³-hybridized carbons (Fsp3) is 0.588. The Morgan fingerprint density at radius 2 is 1.95 bits per heavy atom. The van der Waals surface area contributed by atoms with Gasteiger partial charge in [0.1, 0.15) is 11.2 Å². The number of carbonyl (C=O) groups is 1. The summed E-state index contributed by atoms with van der Waals surface area (Å²) in [5, 5.41) is 0. The van der Waals surface area contributed by atoms with E-state index < -0.39 is 17.2 Å². The highest BCUT2D eigenvalue weighted by atomic mass is 19.3. The summed E-state index contributed by atoms with van der Waals surface area (Å²) in [6.07, 6.45) is 1.56. The Morgan fingerprint density at radius 1 is 1.27 bits per heavy atom. The molecular formula is C17H20F3NO. The van der Waals surface area contributed by atoms with Crippen LogP contribution < -0.4 is 0 Å². The van der Waals surface area contributed by atoms with Crippen molar-refractivity contribution in [2.45, 2.75) is 58.0 Å². The minimum atomic E-state index is -3.06. The maximum absolute atomic E-state index is 13.9. The minimum absolute atomic E-state index is 0.167. The van der Waals surface area contributed by atoms with Crippen LogP contribution in [-0.2, 0) is 4.79 Å². The van der Waals surface area contributed by atoms with E-state index in [9.17, 15) is 18.0 Å². The predicted molar refractivity (Wildman–Crippen MR) is 77.1 cm³/mol. The molecule has 2 aliphatic heterocycles. The zero-order valence-electron chi connectivity index (χ0n) is 13.0. The molecule has 2 nitrogen and oxygen atoms in total. The molecule has 0 aromatic heterocycles. The van der Waals surface area contributed by atoms with E-state index in [2.05, 4.69) is 0 Å². The van der Waals surface area contributed by atoms with Crippen molar-refractivity contribution in [3.63, 3.8) is 0 Å². The van der Waals surface area contributed by atoms with E-state index in [1.54, 1.807) is 11.8 Å². The van der Waals surface area contributed by atoms with Gasteiger partial charge in [-0.2, -0.15) is 0 Å². The van der Waals surface area contributed by atoms with Gasteiger partial charge in [-0.15, -0.1) is 0 Å². The first-order valence-corrected chi connectivity index (χ1v) is 7.61. The van der Waals surface area contributed by atoms with E-state index in [1.165, 1.54) is 19.1 Å². The number of nitrogens with zero attached hydrogens (tertiary/aromatic N) is 1. The van der Waals surface area contributed by atoms with Gasteiger partial charge < -0.3 is 4.90 Å².